The average molecular weight is 364 g/mol. The fraction of sp³-hybridized carbons (Fsp3) is 0. The van der Waals surface area contributed by atoms with Crippen molar-refractivity contribution in [3.8, 4) is 0 Å². The quantitative estimate of drug-likeness (QED) is 0.468. The summed E-state index contributed by atoms with van der Waals surface area (Å²) in [5.74, 6) is 1.15. The number of nitrogens with zero attached hydrogens (tertiary/aromatic N) is 2. The van der Waals surface area contributed by atoms with Gasteiger partial charge >= 0.3 is 17.1 Å². The molecular weight excluding hydrogens is 348 g/mol. The molecule has 3 aromatic rings. The molecule has 2 nitrogen and oxygen atoms in total. The van der Waals surface area contributed by atoms with Gasteiger partial charge in [-0.05, 0) is 69.9 Å². The predicted molar refractivity (Wildman–Crippen MR) is 98.1 cm³/mol. The van der Waals surface area contributed by atoms with Crippen LogP contribution in [0.25, 0.3) is 21.8 Å². The van der Waals surface area contributed by atoms with Crippen molar-refractivity contribution in [1.29, 1.82) is 0 Å². The summed E-state index contributed by atoms with van der Waals surface area (Å²) in [6.07, 6.45) is 20.0. The molecule has 2 saturated carbocycles. The van der Waals surface area contributed by atoms with Gasteiger partial charge in [0.2, 0.25) is 0 Å². The van der Waals surface area contributed by atoms with E-state index in [-0.39, 0.29) is 17.1 Å². The first kappa shape index (κ1) is 18.4. The first-order valence-corrected chi connectivity index (χ1v) is 7.95. The second kappa shape index (κ2) is 8.78. The molecule has 0 N–H and O–H groups in total. The SMILES string of the molecule is [CH]1[CH][CH][CH][CH]1.[CH]1[CH][CH][C](c2ccc3ccc4cccnc4c3n2)[CH]1.[Fe+2]. The Labute approximate surface area is 160 Å². The maximum absolute atomic E-state index is 4.78. The van der Waals surface area contributed by atoms with E-state index in [1.54, 1.807) is 0 Å². The molecule has 5 rings (SSSR count). The number of benzene rings is 1. The number of fused-ring (bicyclic) bond motifs is 3. The zero-order valence-corrected chi connectivity index (χ0v) is 14.6. The topological polar surface area (TPSA) is 25.8 Å². The summed E-state index contributed by atoms with van der Waals surface area (Å²) in [5, 5.41) is 2.25. The number of hydrogen-bond acceptors (Lipinski definition) is 2. The number of rotatable bonds is 1. The molecule has 0 aliphatic heterocycles. The minimum atomic E-state index is 0. The van der Waals surface area contributed by atoms with Crippen LogP contribution in [0.4, 0.5) is 0 Å². The third-order valence-corrected chi connectivity index (χ3v) is 3.95. The molecule has 2 aromatic heterocycles. The molecule has 1 aromatic carbocycles. The van der Waals surface area contributed by atoms with Crippen molar-refractivity contribution in [1.82, 2.24) is 9.97 Å². The van der Waals surface area contributed by atoms with Crippen molar-refractivity contribution < 1.29 is 17.1 Å². The van der Waals surface area contributed by atoms with Crippen molar-refractivity contribution in [3.05, 3.63) is 112 Å². The smallest absolute Gasteiger partial charge is 0.254 e. The molecule has 0 atom stereocenters. The normalized spacial score (nSPS) is 17.3. The fourth-order valence-electron chi connectivity index (χ4n) is 2.75. The molecule has 2 fully saturated rings. The number of hydrogen-bond donors (Lipinski definition) is 0. The average Bonchev–Trinajstić information content (AvgIpc) is 3.37. The zero-order valence-electron chi connectivity index (χ0n) is 13.5. The van der Waals surface area contributed by atoms with Crippen LogP contribution < -0.4 is 0 Å². The van der Waals surface area contributed by atoms with Gasteiger partial charge in [0.25, 0.3) is 0 Å². The van der Waals surface area contributed by atoms with Gasteiger partial charge in [0.05, 0.1) is 11.0 Å². The van der Waals surface area contributed by atoms with Gasteiger partial charge < -0.3 is 0 Å². The third kappa shape index (κ3) is 4.22. The molecule has 10 radical (unpaired) electrons. The largest absolute Gasteiger partial charge is 2.00 e. The summed E-state index contributed by atoms with van der Waals surface area (Å²) in [5.41, 5.74) is 2.93. The van der Waals surface area contributed by atoms with E-state index in [0.717, 1.165) is 33.4 Å². The van der Waals surface area contributed by atoms with Crippen molar-refractivity contribution in [2.45, 2.75) is 0 Å². The standard InChI is InChI=1S/C17H11N2.C5H5.Fe/c1-2-5-12(4-1)15-10-9-14-8-7-13-6-3-11-18-16(13)17(14)19-15;1-2-4-5-3-1;/h1-11H;1-5H;/q;;+2. The van der Waals surface area contributed by atoms with E-state index in [4.69, 9.17) is 4.98 Å². The minimum absolute atomic E-state index is 0. The van der Waals surface area contributed by atoms with Gasteiger partial charge in [-0.2, -0.15) is 0 Å². The molecule has 0 saturated heterocycles. The van der Waals surface area contributed by atoms with Gasteiger partial charge in [-0.15, -0.1) is 0 Å². The van der Waals surface area contributed by atoms with Gasteiger partial charge in [-0.25, -0.2) is 4.98 Å². The van der Waals surface area contributed by atoms with Crippen LogP contribution in [0.3, 0.4) is 0 Å². The Balaban J connectivity index is 0.000000264. The van der Waals surface area contributed by atoms with Gasteiger partial charge in [-0.3, -0.25) is 4.98 Å². The molecule has 2 aliphatic rings. The van der Waals surface area contributed by atoms with E-state index in [1.807, 2.05) is 57.2 Å². The Bertz CT molecular complexity index is 813. The predicted octanol–water partition coefficient (Wildman–Crippen LogP) is 4.56. The first-order chi connectivity index (χ1) is 11.9. The maximum atomic E-state index is 4.78. The number of pyridine rings is 2. The fourth-order valence-corrected chi connectivity index (χ4v) is 2.75. The van der Waals surface area contributed by atoms with Gasteiger partial charge in [-0.1, -0.05) is 24.3 Å². The van der Waals surface area contributed by atoms with Crippen molar-refractivity contribution >= 4 is 21.8 Å². The van der Waals surface area contributed by atoms with E-state index in [9.17, 15) is 0 Å². The molecule has 0 bridgehead atoms. The molecule has 25 heavy (non-hydrogen) atoms. The molecule has 0 unspecified atom stereocenters. The molecule has 0 spiro atoms. The molecule has 120 valence electrons. The van der Waals surface area contributed by atoms with Crippen molar-refractivity contribution in [3.63, 3.8) is 0 Å². The molecule has 2 heterocycles. The molecule has 0 amide bonds. The van der Waals surface area contributed by atoms with Gasteiger partial charge in [0.15, 0.2) is 0 Å². The van der Waals surface area contributed by atoms with Crippen LogP contribution in [-0.4, -0.2) is 9.97 Å². The Hall–Kier alpha value is -1.44. The van der Waals surface area contributed by atoms with Crippen LogP contribution in [0.2, 0.25) is 0 Å². The van der Waals surface area contributed by atoms with E-state index >= 15 is 0 Å². The Kier molecular flexibility index (Phi) is 6.45. The maximum Gasteiger partial charge on any atom is 2.00 e. The van der Waals surface area contributed by atoms with Crippen LogP contribution in [0, 0.1) is 63.7 Å². The second-order valence-corrected chi connectivity index (χ2v) is 5.54. The summed E-state index contributed by atoms with van der Waals surface area (Å²) < 4.78 is 0. The summed E-state index contributed by atoms with van der Waals surface area (Å²) in [4.78, 5) is 9.25. The summed E-state index contributed by atoms with van der Waals surface area (Å²) in [6.45, 7) is 0. The van der Waals surface area contributed by atoms with Gasteiger partial charge in [0, 0.05) is 28.6 Å². The van der Waals surface area contributed by atoms with E-state index in [2.05, 4.69) is 48.2 Å². The minimum Gasteiger partial charge on any atom is -0.254 e. The van der Waals surface area contributed by atoms with Crippen LogP contribution in [0.15, 0.2) is 42.6 Å². The van der Waals surface area contributed by atoms with Crippen LogP contribution >= 0.6 is 0 Å². The number of aromatic nitrogens is 2. The summed E-state index contributed by atoms with van der Waals surface area (Å²) in [6, 6.07) is 12.4. The molecule has 3 heteroatoms. The van der Waals surface area contributed by atoms with Crippen LogP contribution in [0.5, 0.6) is 0 Å². The Morgan fingerprint density at radius 1 is 0.600 bits per heavy atom. The summed E-state index contributed by atoms with van der Waals surface area (Å²) >= 11 is 0. The Morgan fingerprint density at radius 3 is 1.88 bits per heavy atom. The van der Waals surface area contributed by atoms with E-state index in [1.165, 1.54) is 0 Å². The second-order valence-electron chi connectivity index (χ2n) is 5.54. The van der Waals surface area contributed by atoms with Gasteiger partial charge in [0.1, 0.15) is 0 Å². The van der Waals surface area contributed by atoms with Crippen molar-refractivity contribution in [2.24, 2.45) is 0 Å². The van der Waals surface area contributed by atoms with Crippen LogP contribution in [-0.2, 0) is 17.1 Å². The first-order valence-electron chi connectivity index (χ1n) is 7.95. The molecular formula is C22H16FeN2+2. The monoisotopic (exact) mass is 364 g/mol. The zero-order chi connectivity index (χ0) is 16.2. The van der Waals surface area contributed by atoms with Crippen LogP contribution in [0.1, 0.15) is 5.69 Å². The van der Waals surface area contributed by atoms with Crippen molar-refractivity contribution in [2.75, 3.05) is 0 Å². The van der Waals surface area contributed by atoms with E-state index in [0.29, 0.717) is 0 Å². The summed E-state index contributed by atoms with van der Waals surface area (Å²) in [7, 11) is 0. The molecule has 2 aliphatic carbocycles. The Morgan fingerprint density at radius 2 is 1.20 bits per heavy atom. The third-order valence-electron chi connectivity index (χ3n) is 3.95. The van der Waals surface area contributed by atoms with E-state index < -0.39 is 0 Å².